The lowest BCUT2D eigenvalue weighted by Crippen LogP contribution is -2.31. The minimum absolute atomic E-state index is 0.106. The Morgan fingerprint density at radius 2 is 2.17 bits per heavy atom. The molecule has 0 saturated carbocycles. The molecule has 0 aliphatic carbocycles. The SMILES string of the molecule is CCc1cc(C(=O)NCCN(C)C)cc(NN)n1. The van der Waals surface area contributed by atoms with Crippen molar-refractivity contribution in [3.05, 3.63) is 23.4 Å². The van der Waals surface area contributed by atoms with Gasteiger partial charge in [-0.2, -0.15) is 0 Å². The third-order valence-electron chi connectivity index (χ3n) is 2.50. The molecule has 1 aromatic rings. The molecule has 0 radical (unpaired) electrons. The lowest BCUT2D eigenvalue weighted by atomic mass is 10.2. The Balaban J connectivity index is 2.72. The molecule has 1 aromatic heterocycles. The molecule has 0 aromatic carbocycles. The highest BCUT2D eigenvalue weighted by atomic mass is 16.1. The van der Waals surface area contributed by atoms with E-state index in [-0.39, 0.29) is 5.91 Å². The van der Waals surface area contributed by atoms with Gasteiger partial charge < -0.3 is 15.6 Å². The fourth-order valence-electron chi connectivity index (χ4n) is 1.47. The molecule has 0 aliphatic rings. The Bertz CT molecular complexity index is 383. The maximum Gasteiger partial charge on any atom is 0.251 e. The fourth-order valence-corrected chi connectivity index (χ4v) is 1.47. The topological polar surface area (TPSA) is 83.3 Å². The molecule has 100 valence electrons. The zero-order valence-electron chi connectivity index (χ0n) is 11.2. The van der Waals surface area contributed by atoms with Gasteiger partial charge in [0.25, 0.3) is 5.91 Å². The molecular weight excluding hydrogens is 230 g/mol. The number of anilines is 1. The van der Waals surface area contributed by atoms with Crippen LogP contribution in [0.2, 0.25) is 0 Å². The van der Waals surface area contributed by atoms with Crippen LogP contribution < -0.4 is 16.6 Å². The molecule has 0 spiro atoms. The number of pyridine rings is 1. The highest BCUT2D eigenvalue weighted by molar-refractivity contribution is 5.95. The van der Waals surface area contributed by atoms with Gasteiger partial charge in [0.05, 0.1) is 0 Å². The van der Waals surface area contributed by atoms with E-state index in [0.29, 0.717) is 17.9 Å². The van der Waals surface area contributed by atoms with Gasteiger partial charge in [0.2, 0.25) is 0 Å². The molecule has 1 amide bonds. The molecular formula is C12H21N5O. The van der Waals surface area contributed by atoms with Crippen LogP contribution in [0.25, 0.3) is 0 Å². The summed E-state index contributed by atoms with van der Waals surface area (Å²) in [5, 5.41) is 2.86. The summed E-state index contributed by atoms with van der Waals surface area (Å²) in [4.78, 5) is 18.2. The second-order valence-electron chi connectivity index (χ2n) is 4.29. The van der Waals surface area contributed by atoms with Gasteiger partial charge in [0.15, 0.2) is 0 Å². The zero-order valence-corrected chi connectivity index (χ0v) is 11.2. The summed E-state index contributed by atoms with van der Waals surface area (Å²) in [5.74, 6) is 5.73. The van der Waals surface area contributed by atoms with E-state index in [1.165, 1.54) is 0 Å². The van der Waals surface area contributed by atoms with Crippen LogP contribution in [-0.4, -0.2) is 43.0 Å². The molecule has 4 N–H and O–H groups in total. The number of carbonyl (C=O) groups excluding carboxylic acids is 1. The van der Waals surface area contributed by atoms with Crippen molar-refractivity contribution in [3.8, 4) is 0 Å². The number of aryl methyl sites for hydroxylation is 1. The van der Waals surface area contributed by atoms with Crippen LogP contribution >= 0.6 is 0 Å². The Morgan fingerprint density at radius 1 is 1.44 bits per heavy atom. The summed E-state index contributed by atoms with van der Waals surface area (Å²) in [6.45, 7) is 3.40. The van der Waals surface area contributed by atoms with Crippen LogP contribution in [-0.2, 0) is 6.42 Å². The molecule has 6 nitrogen and oxygen atoms in total. The van der Waals surface area contributed by atoms with E-state index in [1.807, 2.05) is 25.9 Å². The van der Waals surface area contributed by atoms with Crippen molar-refractivity contribution >= 4 is 11.7 Å². The van der Waals surface area contributed by atoms with Crippen LogP contribution in [0.3, 0.4) is 0 Å². The van der Waals surface area contributed by atoms with Crippen LogP contribution in [0.4, 0.5) is 5.82 Å². The largest absolute Gasteiger partial charge is 0.351 e. The summed E-state index contributed by atoms with van der Waals surface area (Å²) in [7, 11) is 3.93. The van der Waals surface area contributed by atoms with E-state index in [1.54, 1.807) is 12.1 Å². The van der Waals surface area contributed by atoms with E-state index >= 15 is 0 Å². The van der Waals surface area contributed by atoms with Gasteiger partial charge in [0.1, 0.15) is 5.82 Å². The van der Waals surface area contributed by atoms with Crippen molar-refractivity contribution in [2.45, 2.75) is 13.3 Å². The van der Waals surface area contributed by atoms with Gasteiger partial charge in [-0.3, -0.25) is 4.79 Å². The second kappa shape index (κ2) is 6.93. The van der Waals surface area contributed by atoms with Gasteiger partial charge in [-0.15, -0.1) is 0 Å². The molecule has 1 rings (SSSR count). The molecule has 1 heterocycles. The summed E-state index contributed by atoms with van der Waals surface area (Å²) < 4.78 is 0. The average molecular weight is 251 g/mol. The maximum atomic E-state index is 11.9. The standard InChI is InChI=1S/C12H21N5O/c1-4-10-7-9(8-11(15-10)16-13)12(18)14-5-6-17(2)3/h7-8H,4-6,13H2,1-3H3,(H,14,18)(H,15,16). The number of nitrogens with zero attached hydrogens (tertiary/aromatic N) is 2. The summed E-state index contributed by atoms with van der Waals surface area (Å²) in [6.07, 6.45) is 0.757. The third-order valence-corrected chi connectivity index (χ3v) is 2.50. The van der Waals surface area contributed by atoms with E-state index in [9.17, 15) is 4.79 Å². The first-order chi connectivity index (χ1) is 8.56. The van der Waals surface area contributed by atoms with Gasteiger partial charge in [-0.25, -0.2) is 10.8 Å². The third kappa shape index (κ3) is 4.31. The molecule has 18 heavy (non-hydrogen) atoms. The lowest BCUT2D eigenvalue weighted by Gasteiger charge is -2.11. The van der Waals surface area contributed by atoms with Gasteiger partial charge in [-0.1, -0.05) is 6.92 Å². The van der Waals surface area contributed by atoms with Crippen molar-refractivity contribution in [2.75, 3.05) is 32.6 Å². The Labute approximate surface area is 108 Å². The second-order valence-corrected chi connectivity index (χ2v) is 4.29. The number of nitrogens with two attached hydrogens (primary N) is 1. The lowest BCUT2D eigenvalue weighted by molar-refractivity contribution is 0.0951. The van der Waals surface area contributed by atoms with E-state index < -0.39 is 0 Å². The smallest absolute Gasteiger partial charge is 0.251 e. The van der Waals surface area contributed by atoms with E-state index in [2.05, 4.69) is 15.7 Å². The predicted molar refractivity (Wildman–Crippen MR) is 72.3 cm³/mol. The van der Waals surface area contributed by atoms with Crippen LogP contribution in [0.15, 0.2) is 12.1 Å². The molecule has 6 heteroatoms. The summed E-state index contributed by atoms with van der Waals surface area (Å²) in [5.41, 5.74) is 3.89. The minimum atomic E-state index is -0.106. The van der Waals surface area contributed by atoms with Crippen LogP contribution in [0.5, 0.6) is 0 Å². The quantitative estimate of drug-likeness (QED) is 0.497. The number of aromatic nitrogens is 1. The number of nitrogens with one attached hydrogen (secondary N) is 2. The minimum Gasteiger partial charge on any atom is -0.351 e. The van der Waals surface area contributed by atoms with E-state index in [4.69, 9.17) is 5.84 Å². The highest BCUT2D eigenvalue weighted by Crippen LogP contribution is 2.10. The number of hydrazine groups is 1. The first-order valence-electron chi connectivity index (χ1n) is 5.97. The van der Waals surface area contributed by atoms with Crippen molar-refractivity contribution in [1.82, 2.24) is 15.2 Å². The van der Waals surface area contributed by atoms with Crippen molar-refractivity contribution in [2.24, 2.45) is 5.84 Å². The molecule has 0 fully saturated rings. The van der Waals surface area contributed by atoms with E-state index in [0.717, 1.165) is 18.7 Å². The maximum absolute atomic E-state index is 11.9. The van der Waals surface area contributed by atoms with Gasteiger partial charge in [0, 0.05) is 24.3 Å². The number of likely N-dealkylation sites (N-methyl/N-ethyl adjacent to an activating group) is 1. The van der Waals surface area contributed by atoms with Crippen molar-refractivity contribution < 1.29 is 4.79 Å². The first kappa shape index (κ1) is 14.4. The summed E-state index contributed by atoms with van der Waals surface area (Å²) >= 11 is 0. The fraction of sp³-hybridized carbons (Fsp3) is 0.500. The molecule has 0 aliphatic heterocycles. The molecule has 0 saturated heterocycles. The Kier molecular flexibility index (Phi) is 5.54. The number of nitrogen functional groups attached to an aromatic ring is 1. The van der Waals surface area contributed by atoms with Gasteiger partial charge >= 0.3 is 0 Å². The van der Waals surface area contributed by atoms with Crippen LogP contribution in [0, 0.1) is 0 Å². The van der Waals surface area contributed by atoms with Crippen molar-refractivity contribution in [1.29, 1.82) is 0 Å². The molecule has 0 atom stereocenters. The Hall–Kier alpha value is -1.66. The Morgan fingerprint density at radius 3 is 2.72 bits per heavy atom. The van der Waals surface area contributed by atoms with Crippen molar-refractivity contribution in [3.63, 3.8) is 0 Å². The predicted octanol–water partition coefficient (Wildman–Crippen LogP) is 0.221. The number of amides is 1. The number of hydrogen-bond donors (Lipinski definition) is 3. The first-order valence-corrected chi connectivity index (χ1v) is 5.97. The van der Waals surface area contributed by atoms with Crippen LogP contribution in [0.1, 0.15) is 23.0 Å². The molecule has 0 unspecified atom stereocenters. The highest BCUT2D eigenvalue weighted by Gasteiger charge is 2.08. The monoisotopic (exact) mass is 251 g/mol. The number of rotatable bonds is 6. The molecule has 0 bridgehead atoms. The summed E-state index contributed by atoms with van der Waals surface area (Å²) in [6, 6.07) is 3.43. The number of hydrogen-bond acceptors (Lipinski definition) is 5. The average Bonchev–Trinajstić information content (AvgIpc) is 2.37. The number of carbonyl (C=O) groups is 1. The normalized spacial score (nSPS) is 10.5. The zero-order chi connectivity index (χ0) is 13.5. The van der Waals surface area contributed by atoms with Gasteiger partial charge in [-0.05, 0) is 32.6 Å².